The van der Waals surface area contributed by atoms with Crippen molar-refractivity contribution in [3.8, 4) is 28.0 Å². The Morgan fingerprint density at radius 3 is 1.53 bits per heavy atom. The summed E-state index contributed by atoms with van der Waals surface area (Å²) in [4.78, 5) is 0. The smallest absolute Gasteiger partial charge is 0.429 e. The van der Waals surface area contributed by atoms with Crippen molar-refractivity contribution < 1.29 is 44.3 Å². The number of rotatable bonds is 5. The fraction of sp³-hybridized carbons (Fsp3) is 0.0400. The van der Waals surface area contributed by atoms with Gasteiger partial charge in [0, 0.05) is 17.2 Å². The van der Waals surface area contributed by atoms with E-state index >= 15 is 0 Å². The lowest BCUT2D eigenvalue weighted by molar-refractivity contribution is -0.189. The minimum Gasteiger partial charge on any atom is -0.429 e. The van der Waals surface area contributed by atoms with E-state index < -0.39 is 69.3 Å². The Bertz CT molecular complexity index is 1400. The highest BCUT2D eigenvalue weighted by Gasteiger charge is 2.41. The topological polar surface area (TPSA) is 9.23 Å². The summed E-state index contributed by atoms with van der Waals surface area (Å²) in [6, 6.07) is 8.23. The quantitative estimate of drug-likeness (QED) is 0.184. The largest absolute Gasteiger partial charge is 0.432 e. The van der Waals surface area contributed by atoms with Crippen LogP contribution in [0, 0.1) is 40.7 Å². The highest BCUT2D eigenvalue weighted by Crippen LogP contribution is 2.39. The average molecular weight is 533 g/mol. The van der Waals surface area contributed by atoms with Crippen LogP contribution in [0.5, 0.6) is 5.75 Å². The van der Waals surface area contributed by atoms with E-state index in [2.05, 4.69) is 4.74 Å². The maximum Gasteiger partial charge on any atom is 0.432 e. The Labute approximate surface area is 202 Å². The lowest BCUT2D eigenvalue weighted by Gasteiger charge is -2.20. The van der Waals surface area contributed by atoms with Crippen molar-refractivity contribution >= 4 is 11.6 Å². The van der Waals surface area contributed by atoms with Crippen LogP contribution in [0.25, 0.3) is 22.3 Å². The molecule has 0 N–H and O–H groups in total. The van der Waals surface area contributed by atoms with Crippen LogP contribution in [-0.2, 0) is 6.11 Å². The van der Waals surface area contributed by atoms with Gasteiger partial charge in [0.25, 0.3) is 0 Å². The SMILES string of the molecule is Fc1cc(OC(F)(F)c2c(F)cc(-c3c(F)cc(-c4ccc(Cl)cc4)cc3F)cc2F)cc(F)c1F. The highest BCUT2D eigenvalue weighted by atomic mass is 35.5. The standard InChI is InChI=1S/C25H10ClF9O/c26-14-3-1-11(2-4-14)12-5-16(27)22(17(28)6-12)13-7-18(29)23(19(30)8-13)25(34,35)36-15-9-20(31)24(33)21(32)10-15/h1-10H. The van der Waals surface area contributed by atoms with Gasteiger partial charge in [0.15, 0.2) is 17.5 Å². The van der Waals surface area contributed by atoms with Crippen molar-refractivity contribution in [1.82, 2.24) is 0 Å². The third kappa shape index (κ3) is 4.86. The van der Waals surface area contributed by atoms with Crippen LogP contribution in [0.1, 0.15) is 5.56 Å². The normalized spacial score (nSPS) is 11.6. The zero-order chi connectivity index (χ0) is 26.4. The molecule has 4 aromatic carbocycles. The molecule has 0 aliphatic carbocycles. The first kappa shape index (κ1) is 25.4. The molecule has 11 heteroatoms. The molecule has 0 aromatic heterocycles. The molecular formula is C25H10ClF9O. The minimum absolute atomic E-state index is 0.0451. The molecular weight excluding hydrogens is 523 g/mol. The Kier molecular flexibility index (Phi) is 6.66. The summed E-state index contributed by atoms with van der Waals surface area (Å²) >= 11 is 5.78. The van der Waals surface area contributed by atoms with E-state index in [0.29, 0.717) is 10.6 Å². The summed E-state index contributed by atoms with van der Waals surface area (Å²) in [6.45, 7) is 0. The molecule has 0 saturated heterocycles. The highest BCUT2D eigenvalue weighted by molar-refractivity contribution is 6.30. The second-order valence-corrected chi connectivity index (χ2v) is 7.89. The van der Waals surface area contributed by atoms with E-state index in [9.17, 15) is 39.5 Å². The predicted octanol–water partition coefficient (Wildman–Crippen LogP) is 8.78. The molecule has 0 aliphatic heterocycles. The molecule has 1 nitrogen and oxygen atoms in total. The van der Waals surface area contributed by atoms with Crippen molar-refractivity contribution in [2.24, 2.45) is 0 Å². The van der Waals surface area contributed by atoms with E-state index in [0.717, 1.165) is 12.1 Å². The monoisotopic (exact) mass is 532 g/mol. The van der Waals surface area contributed by atoms with Gasteiger partial charge in [0.05, 0.1) is 5.56 Å². The van der Waals surface area contributed by atoms with Crippen LogP contribution in [0.4, 0.5) is 39.5 Å². The van der Waals surface area contributed by atoms with E-state index in [1.165, 1.54) is 24.3 Å². The fourth-order valence-electron chi connectivity index (χ4n) is 3.44. The summed E-state index contributed by atoms with van der Waals surface area (Å²) in [5.41, 5.74) is -3.20. The first-order valence-electron chi connectivity index (χ1n) is 9.83. The van der Waals surface area contributed by atoms with Gasteiger partial charge in [-0.1, -0.05) is 23.7 Å². The summed E-state index contributed by atoms with van der Waals surface area (Å²) in [5.74, 6) is -13.4. The molecule has 0 fully saturated rings. The van der Waals surface area contributed by atoms with Gasteiger partial charge in [0.2, 0.25) is 0 Å². The van der Waals surface area contributed by atoms with Crippen molar-refractivity contribution in [2.45, 2.75) is 6.11 Å². The zero-order valence-electron chi connectivity index (χ0n) is 17.5. The maximum absolute atomic E-state index is 14.8. The van der Waals surface area contributed by atoms with Gasteiger partial charge in [-0.05, 0) is 53.1 Å². The fourth-order valence-corrected chi connectivity index (χ4v) is 3.57. The molecule has 0 aliphatic rings. The van der Waals surface area contributed by atoms with Crippen LogP contribution in [0.2, 0.25) is 5.02 Å². The van der Waals surface area contributed by atoms with Crippen molar-refractivity contribution in [2.75, 3.05) is 0 Å². The van der Waals surface area contributed by atoms with Gasteiger partial charge in [-0.2, -0.15) is 8.78 Å². The zero-order valence-corrected chi connectivity index (χ0v) is 18.2. The molecule has 0 unspecified atom stereocenters. The third-order valence-corrected chi connectivity index (χ3v) is 5.30. The van der Waals surface area contributed by atoms with Gasteiger partial charge < -0.3 is 4.74 Å². The van der Waals surface area contributed by atoms with Crippen LogP contribution < -0.4 is 4.74 Å². The Morgan fingerprint density at radius 2 is 1.03 bits per heavy atom. The van der Waals surface area contributed by atoms with E-state index in [1.54, 1.807) is 0 Å². The Balaban J connectivity index is 1.72. The van der Waals surface area contributed by atoms with Crippen LogP contribution in [-0.4, -0.2) is 0 Å². The number of benzene rings is 4. The third-order valence-electron chi connectivity index (χ3n) is 5.04. The maximum atomic E-state index is 14.8. The lowest BCUT2D eigenvalue weighted by atomic mass is 9.97. The van der Waals surface area contributed by atoms with Crippen LogP contribution in [0.15, 0.2) is 60.7 Å². The Hall–Kier alpha value is -3.66. The second kappa shape index (κ2) is 9.42. The van der Waals surface area contributed by atoms with Crippen molar-refractivity contribution in [3.05, 3.63) is 112 Å². The van der Waals surface area contributed by atoms with Gasteiger partial charge in [0.1, 0.15) is 34.6 Å². The summed E-state index contributed by atoms with van der Waals surface area (Å²) in [7, 11) is 0. The van der Waals surface area contributed by atoms with Crippen molar-refractivity contribution in [3.63, 3.8) is 0 Å². The van der Waals surface area contributed by atoms with Gasteiger partial charge in [-0.3, -0.25) is 0 Å². The molecule has 4 aromatic rings. The molecule has 0 amide bonds. The minimum atomic E-state index is -4.85. The molecule has 0 radical (unpaired) electrons. The molecule has 36 heavy (non-hydrogen) atoms. The summed E-state index contributed by atoms with van der Waals surface area (Å²) in [6.07, 6.45) is -4.85. The van der Waals surface area contributed by atoms with E-state index in [4.69, 9.17) is 11.6 Å². The van der Waals surface area contributed by atoms with Gasteiger partial charge in [-0.25, -0.2) is 30.7 Å². The molecule has 186 valence electrons. The molecule has 0 atom stereocenters. The molecule has 0 bridgehead atoms. The van der Waals surface area contributed by atoms with Crippen LogP contribution >= 0.6 is 11.6 Å². The van der Waals surface area contributed by atoms with Gasteiger partial charge >= 0.3 is 6.11 Å². The number of ether oxygens (including phenoxy) is 1. The number of alkyl halides is 2. The summed E-state index contributed by atoms with van der Waals surface area (Å²) < 4.78 is 131. The number of hydrogen-bond acceptors (Lipinski definition) is 1. The first-order valence-corrected chi connectivity index (χ1v) is 10.2. The van der Waals surface area contributed by atoms with E-state index in [1.807, 2.05) is 0 Å². The lowest BCUT2D eigenvalue weighted by Crippen LogP contribution is -2.25. The summed E-state index contributed by atoms with van der Waals surface area (Å²) in [5, 5.41) is 0.373. The second-order valence-electron chi connectivity index (χ2n) is 7.46. The number of halogens is 10. The number of hydrogen-bond donors (Lipinski definition) is 0. The molecule has 4 rings (SSSR count). The Morgan fingerprint density at radius 1 is 0.556 bits per heavy atom. The van der Waals surface area contributed by atoms with Crippen LogP contribution in [0.3, 0.4) is 0 Å². The van der Waals surface area contributed by atoms with E-state index in [-0.39, 0.29) is 29.8 Å². The average Bonchev–Trinajstić information content (AvgIpc) is 2.76. The molecule has 0 saturated carbocycles. The first-order chi connectivity index (χ1) is 16.9. The van der Waals surface area contributed by atoms with Crippen molar-refractivity contribution in [1.29, 1.82) is 0 Å². The molecule has 0 heterocycles. The van der Waals surface area contributed by atoms with Gasteiger partial charge in [-0.15, -0.1) is 0 Å². The molecule has 0 spiro atoms. The predicted molar refractivity (Wildman–Crippen MR) is 113 cm³/mol.